The Balaban J connectivity index is 1.66. The molecule has 0 aliphatic carbocycles. The largest absolute Gasteiger partial charge is 0.337 e. The Hall–Kier alpha value is -2.67. The van der Waals surface area contributed by atoms with Crippen LogP contribution in [-0.2, 0) is 11.2 Å². The number of nitrogens with one attached hydrogen (secondary N) is 2. The average molecular weight is 387 g/mol. The molecule has 27 heavy (non-hydrogen) atoms. The van der Waals surface area contributed by atoms with Crippen LogP contribution < -0.4 is 5.32 Å². The molecule has 140 valence electrons. The van der Waals surface area contributed by atoms with Gasteiger partial charge in [0.05, 0.1) is 10.9 Å². The highest BCUT2D eigenvalue weighted by atomic mass is 32.2. The van der Waals surface area contributed by atoms with Gasteiger partial charge in [0.2, 0.25) is 5.91 Å². The van der Waals surface area contributed by atoms with Gasteiger partial charge in [0, 0.05) is 12.1 Å². The predicted molar refractivity (Wildman–Crippen MR) is 103 cm³/mol. The Labute approximate surface area is 160 Å². The number of aryl methyl sites for hydroxylation is 1. The zero-order chi connectivity index (χ0) is 19.4. The van der Waals surface area contributed by atoms with Crippen LogP contribution in [0.5, 0.6) is 0 Å². The summed E-state index contributed by atoms with van der Waals surface area (Å²) < 4.78 is 27.4. The first-order chi connectivity index (χ1) is 12.9. The molecule has 0 saturated carbocycles. The number of H-pyrrole nitrogens is 1. The number of halogens is 2. The molecule has 2 N–H and O–H groups in total. The van der Waals surface area contributed by atoms with E-state index in [2.05, 4.69) is 15.3 Å². The molecular weight excluding hydrogens is 368 g/mol. The number of amides is 1. The van der Waals surface area contributed by atoms with Crippen molar-refractivity contribution in [2.45, 2.75) is 30.7 Å². The van der Waals surface area contributed by atoms with Crippen molar-refractivity contribution in [3.63, 3.8) is 0 Å². The van der Waals surface area contributed by atoms with Crippen LogP contribution in [-0.4, -0.2) is 21.1 Å². The minimum absolute atomic E-state index is 0.435. The van der Waals surface area contributed by atoms with E-state index in [9.17, 15) is 13.6 Å². The normalized spacial score (nSPS) is 12.0. The molecular formula is C20H19F2N3OS. The zero-order valence-electron chi connectivity index (χ0n) is 14.9. The summed E-state index contributed by atoms with van der Waals surface area (Å²) in [6.45, 7) is 3.59. The smallest absolute Gasteiger partial charge is 0.237 e. The van der Waals surface area contributed by atoms with Crippen molar-refractivity contribution in [1.82, 2.24) is 9.97 Å². The number of aromatic amines is 1. The second-order valence-corrected chi connectivity index (χ2v) is 7.45. The van der Waals surface area contributed by atoms with E-state index in [1.54, 1.807) is 6.92 Å². The van der Waals surface area contributed by atoms with Crippen LogP contribution in [0.25, 0.3) is 0 Å². The summed E-state index contributed by atoms with van der Waals surface area (Å²) in [4.78, 5) is 20.0. The number of benzene rings is 2. The number of hydrogen-bond donors (Lipinski definition) is 2. The fourth-order valence-corrected chi connectivity index (χ4v) is 3.42. The van der Waals surface area contributed by atoms with E-state index in [-0.39, 0.29) is 0 Å². The first-order valence-electron chi connectivity index (χ1n) is 8.45. The molecule has 7 heteroatoms. The molecule has 1 amide bonds. The highest BCUT2D eigenvalue weighted by Crippen LogP contribution is 2.25. The molecule has 1 unspecified atom stereocenters. The van der Waals surface area contributed by atoms with Crippen molar-refractivity contribution in [3.05, 3.63) is 77.1 Å². The third-order valence-electron chi connectivity index (χ3n) is 4.05. The predicted octanol–water partition coefficient (Wildman–Crippen LogP) is 4.71. The minimum atomic E-state index is -0.806. The summed E-state index contributed by atoms with van der Waals surface area (Å²) in [6.07, 6.45) is 0.685. The van der Waals surface area contributed by atoms with Crippen molar-refractivity contribution in [3.8, 4) is 0 Å². The maximum absolute atomic E-state index is 13.7. The lowest BCUT2D eigenvalue weighted by Gasteiger charge is -2.11. The van der Waals surface area contributed by atoms with Crippen molar-refractivity contribution < 1.29 is 13.6 Å². The molecule has 3 rings (SSSR count). The first kappa shape index (κ1) is 19.1. The number of carbonyl (C=O) groups excluding carboxylic acids is 1. The topological polar surface area (TPSA) is 57.8 Å². The Morgan fingerprint density at radius 2 is 1.81 bits per heavy atom. The van der Waals surface area contributed by atoms with Crippen LogP contribution in [0.3, 0.4) is 0 Å². The van der Waals surface area contributed by atoms with Gasteiger partial charge in [0.15, 0.2) is 5.16 Å². The highest BCUT2D eigenvalue weighted by molar-refractivity contribution is 8.00. The fourth-order valence-electron chi connectivity index (χ4n) is 2.55. The lowest BCUT2D eigenvalue weighted by atomic mass is 10.1. The number of rotatable bonds is 6. The van der Waals surface area contributed by atoms with E-state index in [0.29, 0.717) is 11.6 Å². The molecule has 0 radical (unpaired) electrons. The molecule has 1 heterocycles. The minimum Gasteiger partial charge on any atom is -0.337 e. The Bertz CT molecular complexity index is 923. The second kappa shape index (κ2) is 8.35. The molecule has 4 nitrogen and oxygen atoms in total. The third-order valence-corrected chi connectivity index (χ3v) is 5.03. The van der Waals surface area contributed by atoms with Crippen molar-refractivity contribution in [1.29, 1.82) is 0 Å². The standard InChI is InChI=1S/C20H19F2N3OS/c1-12-17(11-14-7-4-3-5-8-14)24-20(23-12)27-13(2)19(26)25-18-15(21)9-6-10-16(18)22/h3-10,13H,11H2,1-2H3,(H,23,24)(H,25,26). The highest BCUT2D eigenvalue weighted by Gasteiger charge is 2.20. The molecule has 0 aliphatic rings. The zero-order valence-corrected chi connectivity index (χ0v) is 15.7. The van der Waals surface area contributed by atoms with Gasteiger partial charge in [0.1, 0.15) is 17.3 Å². The van der Waals surface area contributed by atoms with Crippen LogP contribution in [0.1, 0.15) is 23.9 Å². The maximum Gasteiger partial charge on any atom is 0.237 e. The van der Waals surface area contributed by atoms with Crippen LogP contribution in [0.15, 0.2) is 53.7 Å². The summed E-state index contributed by atoms with van der Waals surface area (Å²) in [7, 11) is 0. The number of anilines is 1. The van der Waals surface area contributed by atoms with Gasteiger partial charge in [-0.2, -0.15) is 0 Å². The van der Waals surface area contributed by atoms with Crippen molar-refractivity contribution in [2.24, 2.45) is 0 Å². The van der Waals surface area contributed by atoms with E-state index in [1.807, 2.05) is 37.3 Å². The average Bonchev–Trinajstić information content (AvgIpc) is 2.98. The first-order valence-corrected chi connectivity index (χ1v) is 9.33. The van der Waals surface area contributed by atoms with E-state index >= 15 is 0 Å². The molecule has 0 saturated heterocycles. The van der Waals surface area contributed by atoms with Gasteiger partial charge in [-0.15, -0.1) is 0 Å². The van der Waals surface area contributed by atoms with E-state index in [4.69, 9.17) is 0 Å². The van der Waals surface area contributed by atoms with Gasteiger partial charge in [0.25, 0.3) is 0 Å². The Morgan fingerprint density at radius 3 is 2.48 bits per heavy atom. The summed E-state index contributed by atoms with van der Waals surface area (Å²) in [5.41, 5.74) is 2.53. The number of para-hydroxylation sites is 1. The van der Waals surface area contributed by atoms with Gasteiger partial charge in [-0.05, 0) is 31.5 Å². The number of imidazole rings is 1. The van der Waals surface area contributed by atoms with Crippen LogP contribution in [0, 0.1) is 18.6 Å². The Morgan fingerprint density at radius 1 is 1.15 bits per heavy atom. The molecule has 1 atom stereocenters. The number of hydrogen-bond acceptors (Lipinski definition) is 3. The monoisotopic (exact) mass is 387 g/mol. The lowest BCUT2D eigenvalue weighted by molar-refractivity contribution is -0.115. The molecule has 2 aromatic carbocycles. The number of nitrogens with zero attached hydrogens (tertiary/aromatic N) is 1. The SMILES string of the molecule is Cc1[nH]c(SC(C)C(=O)Nc2c(F)cccc2F)nc1Cc1ccccc1. The molecule has 0 bridgehead atoms. The van der Waals surface area contributed by atoms with Crippen LogP contribution in [0.4, 0.5) is 14.5 Å². The van der Waals surface area contributed by atoms with Crippen LogP contribution in [0.2, 0.25) is 0 Å². The fraction of sp³-hybridized carbons (Fsp3) is 0.200. The van der Waals surface area contributed by atoms with E-state index in [1.165, 1.54) is 17.8 Å². The maximum atomic E-state index is 13.7. The number of thioether (sulfide) groups is 1. The molecule has 0 fully saturated rings. The molecule has 3 aromatic rings. The van der Waals surface area contributed by atoms with E-state index in [0.717, 1.165) is 29.1 Å². The van der Waals surface area contributed by atoms with Crippen LogP contribution >= 0.6 is 11.8 Å². The quantitative estimate of drug-likeness (QED) is 0.603. The van der Waals surface area contributed by atoms with Gasteiger partial charge in [-0.3, -0.25) is 4.79 Å². The molecule has 1 aromatic heterocycles. The molecule has 0 aliphatic heterocycles. The lowest BCUT2D eigenvalue weighted by Crippen LogP contribution is -2.23. The van der Waals surface area contributed by atoms with Gasteiger partial charge < -0.3 is 10.3 Å². The Kier molecular flexibility index (Phi) is 5.91. The number of aromatic nitrogens is 2. The van der Waals surface area contributed by atoms with Gasteiger partial charge in [-0.25, -0.2) is 13.8 Å². The summed E-state index contributed by atoms with van der Waals surface area (Å²) in [5, 5.41) is 2.32. The van der Waals surface area contributed by atoms with Crippen molar-refractivity contribution >= 4 is 23.4 Å². The molecule has 0 spiro atoms. The summed E-state index contributed by atoms with van der Waals surface area (Å²) >= 11 is 1.20. The second-order valence-electron chi connectivity index (χ2n) is 6.12. The van der Waals surface area contributed by atoms with Gasteiger partial charge >= 0.3 is 0 Å². The van der Waals surface area contributed by atoms with Gasteiger partial charge in [-0.1, -0.05) is 48.2 Å². The third kappa shape index (κ3) is 4.74. The summed E-state index contributed by atoms with van der Waals surface area (Å²) in [6, 6.07) is 13.4. The van der Waals surface area contributed by atoms with Crippen molar-refractivity contribution in [2.75, 3.05) is 5.32 Å². The van der Waals surface area contributed by atoms with E-state index < -0.39 is 28.5 Å². The number of carbonyl (C=O) groups is 1. The summed E-state index contributed by atoms with van der Waals surface area (Å²) in [5.74, 6) is -2.11.